The molecule has 2 aliphatic rings. The molecular weight excluding hydrogens is 440 g/mol. The lowest BCUT2D eigenvalue weighted by atomic mass is 10.1. The van der Waals surface area contributed by atoms with Crippen LogP contribution in [0.2, 0.25) is 0 Å². The molecule has 1 aromatic carbocycles. The van der Waals surface area contributed by atoms with Gasteiger partial charge in [0.2, 0.25) is 5.89 Å². The number of amides is 1. The van der Waals surface area contributed by atoms with Gasteiger partial charge in [0.05, 0.1) is 26.3 Å². The fourth-order valence-corrected chi connectivity index (χ4v) is 4.96. The van der Waals surface area contributed by atoms with Crippen LogP contribution in [-0.4, -0.2) is 40.6 Å². The highest BCUT2D eigenvalue weighted by Gasteiger charge is 2.40. The average Bonchev–Trinajstić information content (AvgIpc) is 3.56. The van der Waals surface area contributed by atoms with Crippen molar-refractivity contribution in [3.8, 4) is 23.0 Å². The van der Waals surface area contributed by atoms with Crippen LogP contribution in [0.1, 0.15) is 35.7 Å². The van der Waals surface area contributed by atoms with Gasteiger partial charge in [-0.05, 0) is 43.5 Å². The van der Waals surface area contributed by atoms with E-state index in [1.54, 1.807) is 29.5 Å². The number of aryl methyl sites for hydroxylation is 1. The van der Waals surface area contributed by atoms with Crippen molar-refractivity contribution < 1.29 is 18.7 Å². The van der Waals surface area contributed by atoms with E-state index in [1.807, 2.05) is 49.3 Å². The van der Waals surface area contributed by atoms with E-state index in [0.29, 0.717) is 36.3 Å². The Morgan fingerprint density at radius 2 is 2.15 bits per heavy atom. The molecule has 1 amide bonds. The third-order valence-electron chi connectivity index (χ3n) is 5.88. The maximum Gasteiger partial charge on any atom is 0.251 e. The summed E-state index contributed by atoms with van der Waals surface area (Å²) >= 11 is 1.70. The lowest BCUT2D eigenvalue weighted by Crippen LogP contribution is -2.47. The normalized spacial score (nSPS) is 19.8. The van der Waals surface area contributed by atoms with Crippen molar-refractivity contribution in [2.45, 2.75) is 38.9 Å². The Hall–Kier alpha value is -3.30. The Morgan fingerprint density at radius 1 is 1.27 bits per heavy atom. The number of fused-ring (bicyclic) bond motifs is 1. The van der Waals surface area contributed by atoms with E-state index in [2.05, 4.69) is 21.9 Å². The number of hydrogen-bond acceptors (Lipinski definition) is 8. The second kappa shape index (κ2) is 8.92. The minimum absolute atomic E-state index is 0.0516. The highest BCUT2D eigenvalue weighted by molar-refractivity contribution is 7.10. The zero-order valence-corrected chi connectivity index (χ0v) is 19.6. The monoisotopic (exact) mass is 466 g/mol. The number of oxazole rings is 1. The Morgan fingerprint density at radius 3 is 2.91 bits per heavy atom. The lowest BCUT2D eigenvalue weighted by molar-refractivity contribution is -0.135. The first-order chi connectivity index (χ1) is 16.1. The van der Waals surface area contributed by atoms with E-state index in [1.165, 1.54) is 4.88 Å². The molecule has 0 radical (unpaired) electrons. The molecule has 4 heterocycles. The molecule has 3 aromatic rings. The summed E-state index contributed by atoms with van der Waals surface area (Å²) in [6, 6.07) is 9.64. The lowest BCUT2D eigenvalue weighted by Gasteiger charge is -2.31. The van der Waals surface area contributed by atoms with Crippen LogP contribution < -0.4 is 14.9 Å². The molecule has 172 valence electrons. The molecule has 33 heavy (non-hydrogen) atoms. The number of ether oxygens (including phenoxy) is 2. The van der Waals surface area contributed by atoms with Crippen molar-refractivity contribution in [1.29, 1.82) is 0 Å². The predicted octanol–water partition coefficient (Wildman–Crippen LogP) is 4.25. The number of hydrogen-bond donors (Lipinski definition) is 1. The van der Waals surface area contributed by atoms with Crippen LogP contribution in [0.3, 0.4) is 0 Å². The molecule has 0 bridgehead atoms. The summed E-state index contributed by atoms with van der Waals surface area (Å²) in [6.45, 7) is 4.70. The first-order valence-electron chi connectivity index (χ1n) is 10.9. The topological polar surface area (TPSA) is 80.1 Å². The third kappa shape index (κ3) is 4.09. The van der Waals surface area contributed by atoms with Crippen molar-refractivity contribution in [1.82, 2.24) is 20.3 Å². The van der Waals surface area contributed by atoms with Crippen LogP contribution in [0.4, 0.5) is 0 Å². The molecule has 5 rings (SSSR count). The maximum atomic E-state index is 13.2. The summed E-state index contributed by atoms with van der Waals surface area (Å²) in [5, 5.41) is 3.97. The van der Waals surface area contributed by atoms with E-state index in [0.717, 1.165) is 17.7 Å². The van der Waals surface area contributed by atoms with Crippen LogP contribution >= 0.6 is 11.3 Å². The Labute approximate surface area is 196 Å². The van der Waals surface area contributed by atoms with Crippen LogP contribution in [-0.2, 0) is 11.3 Å². The molecule has 8 nitrogen and oxygen atoms in total. The molecule has 0 spiro atoms. The van der Waals surface area contributed by atoms with Gasteiger partial charge in [-0.15, -0.1) is 11.3 Å². The highest BCUT2D eigenvalue weighted by atomic mass is 32.1. The first-order valence-corrected chi connectivity index (χ1v) is 11.8. The number of carbonyl (C=O) groups is 1. The van der Waals surface area contributed by atoms with E-state index < -0.39 is 0 Å². The zero-order chi connectivity index (χ0) is 22.9. The summed E-state index contributed by atoms with van der Waals surface area (Å²) in [7, 11) is 1.60. The van der Waals surface area contributed by atoms with Gasteiger partial charge in [0.1, 0.15) is 17.5 Å². The summed E-state index contributed by atoms with van der Waals surface area (Å²) in [4.78, 5) is 20.8. The Kier molecular flexibility index (Phi) is 5.82. The Bertz CT molecular complexity index is 1170. The van der Waals surface area contributed by atoms with Gasteiger partial charge >= 0.3 is 0 Å². The summed E-state index contributed by atoms with van der Waals surface area (Å²) in [5.41, 5.74) is 4.94. The molecule has 0 saturated carbocycles. The number of nitrogens with zero attached hydrogens (tertiary/aromatic N) is 3. The van der Waals surface area contributed by atoms with Crippen molar-refractivity contribution in [3.05, 3.63) is 64.4 Å². The smallest absolute Gasteiger partial charge is 0.251 e. The zero-order valence-electron chi connectivity index (χ0n) is 18.8. The molecule has 2 atom stereocenters. The molecule has 1 N–H and O–H groups in total. The number of hydrazine groups is 1. The number of aromatic nitrogens is 1. The fraction of sp³-hybridized carbons (Fsp3) is 0.333. The molecule has 1 saturated heterocycles. The molecule has 2 unspecified atom stereocenters. The van der Waals surface area contributed by atoms with Gasteiger partial charge < -0.3 is 23.8 Å². The van der Waals surface area contributed by atoms with Gasteiger partial charge in [-0.1, -0.05) is 6.07 Å². The van der Waals surface area contributed by atoms with Gasteiger partial charge in [0.15, 0.2) is 11.5 Å². The quantitative estimate of drug-likeness (QED) is 0.557. The largest absolute Gasteiger partial charge is 0.493 e. The Balaban J connectivity index is 1.32. The highest BCUT2D eigenvalue weighted by Crippen LogP contribution is 2.35. The van der Waals surface area contributed by atoms with Gasteiger partial charge in [-0.2, -0.15) is 0 Å². The molecule has 1 fully saturated rings. The van der Waals surface area contributed by atoms with E-state index in [-0.39, 0.29) is 18.0 Å². The number of nitrogens with one attached hydrogen (secondary N) is 1. The van der Waals surface area contributed by atoms with Gasteiger partial charge in [-0.25, -0.2) is 10.4 Å². The van der Waals surface area contributed by atoms with Gasteiger partial charge in [-0.3, -0.25) is 4.79 Å². The second-order valence-electron chi connectivity index (χ2n) is 7.94. The van der Waals surface area contributed by atoms with E-state index in [9.17, 15) is 4.79 Å². The van der Waals surface area contributed by atoms with Gasteiger partial charge in [0, 0.05) is 29.3 Å². The fourth-order valence-electron chi connectivity index (χ4n) is 4.18. The van der Waals surface area contributed by atoms with Crippen LogP contribution in [0.5, 0.6) is 11.5 Å². The second-order valence-corrected chi connectivity index (χ2v) is 8.92. The van der Waals surface area contributed by atoms with E-state index in [4.69, 9.17) is 13.9 Å². The van der Waals surface area contributed by atoms with Crippen LogP contribution in [0.25, 0.3) is 11.5 Å². The number of carbonyl (C=O) groups excluding carboxylic acids is 1. The van der Waals surface area contributed by atoms with Crippen LogP contribution in [0.15, 0.2) is 52.5 Å². The molecule has 9 heteroatoms. The third-order valence-corrected chi connectivity index (χ3v) is 6.87. The summed E-state index contributed by atoms with van der Waals surface area (Å²) in [6.07, 6.45) is 4.46. The maximum absolute atomic E-state index is 13.2. The number of rotatable bonds is 7. The number of thiophene rings is 1. The summed E-state index contributed by atoms with van der Waals surface area (Å²) in [5.74, 6) is 2.51. The standard InChI is InChI=1S/C24H26N4O4S/c1-4-31-20-8-7-16(12-21(20)30-3)23-25-18(15(2)32-23)14-27-9-10-28-19(24(27)29)13-17(26-28)22-6-5-11-33-22/h5-12,17,19,26H,4,13-14H2,1-3H3. The minimum Gasteiger partial charge on any atom is -0.493 e. The van der Waals surface area contributed by atoms with Crippen molar-refractivity contribution >= 4 is 17.2 Å². The van der Waals surface area contributed by atoms with Crippen molar-refractivity contribution in [2.75, 3.05) is 13.7 Å². The molecular formula is C24H26N4O4S. The van der Waals surface area contributed by atoms with Gasteiger partial charge in [0.25, 0.3) is 5.91 Å². The average molecular weight is 467 g/mol. The predicted molar refractivity (Wildman–Crippen MR) is 125 cm³/mol. The van der Waals surface area contributed by atoms with Crippen molar-refractivity contribution in [2.24, 2.45) is 0 Å². The van der Waals surface area contributed by atoms with Crippen LogP contribution in [0, 0.1) is 6.92 Å². The SMILES string of the molecule is CCOc1ccc(-c2nc(CN3C=CN4NC(c5cccs5)CC4C3=O)c(C)o2)cc1OC. The molecule has 0 aliphatic carbocycles. The molecule has 2 aromatic heterocycles. The summed E-state index contributed by atoms with van der Waals surface area (Å²) < 4.78 is 17.0. The molecule has 2 aliphatic heterocycles. The minimum atomic E-state index is -0.232. The number of benzene rings is 1. The van der Waals surface area contributed by atoms with E-state index >= 15 is 0 Å². The first kappa shape index (κ1) is 21.5. The number of methoxy groups -OCH3 is 1. The van der Waals surface area contributed by atoms with Crippen molar-refractivity contribution in [3.63, 3.8) is 0 Å².